The minimum atomic E-state index is -0.218. The van der Waals surface area contributed by atoms with E-state index >= 15 is 0 Å². The van der Waals surface area contributed by atoms with Crippen molar-refractivity contribution in [3.63, 3.8) is 0 Å². The Morgan fingerprint density at radius 2 is 2.21 bits per heavy atom. The summed E-state index contributed by atoms with van der Waals surface area (Å²) >= 11 is 1.48. The molecule has 1 N–H and O–H groups in total. The Hall–Kier alpha value is -0.930. The van der Waals surface area contributed by atoms with Crippen LogP contribution >= 0.6 is 11.3 Å². The van der Waals surface area contributed by atoms with Gasteiger partial charge in [-0.2, -0.15) is 0 Å². The number of aryl methyl sites for hydroxylation is 1. The molecule has 0 bridgehead atoms. The minimum Gasteiger partial charge on any atom is -0.392 e. The van der Waals surface area contributed by atoms with Crippen LogP contribution < -0.4 is 0 Å². The van der Waals surface area contributed by atoms with Gasteiger partial charge >= 0.3 is 0 Å². The Bertz CT molecular complexity index is 462. The second-order valence-electron chi connectivity index (χ2n) is 3.22. The van der Waals surface area contributed by atoms with E-state index in [1.165, 1.54) is 11.3 Å². The second-order valence-corrected chi connectivity index (χ2v) is 4.13. The summed E-state index contributed by atoms with van der Waals surface area (Å²) in [4.78, 5) is 0. The first kappa shape index (κ1) is 9.62. The number of halogens is 1. The average Bonchev–Trinajstić information content (AvgIpc) is 2.61. The molecule has 0 unspecified atom stereocenters. The zero-order valence-corrected chi connectivity index (χ0v) is 8.70. The van der Waals surface area contributed by atoms with Crippen molar-refractivity contribution in [3.05, 3.63) is 34.5 Å². The molecule has 74 valence electrons. The molecule has 0 spiro atoms. The van der Waals surface area contributed by atoms with Crippen LogP contribution in [0.1, 0.15) is 18.1 Å². The fraction of sp³-hybridized carbons (Fsp3) is 0.273. The van der Waals surface area contributed by atoms with E-state index in [9.17, 15) is 4.39 Å². The van der Waals surface area contributed by atoms with Crippen molar-refractivity contribution in [2.45, 2.75) is 20.0 Å². The fourth-order valence-electron chi connectivity index (χ4n) is 1.55. The smallest absolute Gasteiger partial charge is 0.132 e. The van der Waals surface area contributed by atoms with Crippen molar-refractivity contribution >= 4 is 21.4 Å². The zero-order chi connectivity index (χ0) is 10.1. The first-order valence-electron chi connectivity index (χ1n) is 4.55. The van der Waals surface area contributed by atoms with Gasteiger partial charge in [-0.15, -0.1) is 11.3 Å². The van der Waals surface area contributed by atoms with Crippen molar-refractivity contribution in [2.24, 2.45) is 0 Å². The molecule has 1 heterocycles. The summed E-state index contributed by atoms with van der Waals surface area (Å²) in [6.07, 6.45) is 0.833. The van der Waals surface area contributed by atoms with Crippen molar-refractivity contribution in [3.8, 4) is 0 Å². The van der Waals surface area contributed by atoms with Gasteiger partial charge in [0.05, 0.1) is 6.61 Å². The molecule has 0 aliphatic heterocycles. The third kappa shape index (κ3) is 1.42. The Labute approximate surface area is 85.8 Å². The van der Waals surface area contributed by atoms with Crippen LogP contribution in [0.4, 0.5) is 4.39 Å². The Morgan fingerprint density at radius 1 is 1.43 bits per heavy atom. The predicted octanol–water partition coefficient (Wildman–Crippen LogP) is 3.10. The van der Waals surface area contributed by atoms with Crippen molar-refractivity contribution in [1.29, 1.82) is 0 Å². The second kappa shape index (κ2) is 3.67. The highest BCUT2D eigenvalue weighted by Crippen LogP contribution is 2.29. The highest BCUT2D eigenvalue weighted by Gasteiger charge is 2.09. The van der Waals surface area contributed by atoms with E-state index in [1.54, 1.807) is 6.07 Å². The number of thiophene rings is 1. The largest absolute Gasteiger partial charge is 0.392 e. The van der Waals surface area contributed by atoms with Crippen LogP contribution in [0.2, 0.25) is 0 Å². The maximum absolute atomic E-state index is 13.6. The van der Waals surface area contributed by atoms with Gasteiger partial charge in [0.15, 0.2) is 0 Å². The Balaban J connectivity index is 2.72. The Kier molecular flexibility index (Phi) is 2.52. The fourth-order valence-corrected chi connectivity index (χ4v) is 2.58. The molecule has 0 radical (unpaired) electrons. The van der Waals surface area contributed by atoms with E-state index < -0.39 is 0 Å². The van der Waals surface area contributed by atoms with E-state index in [0.29, 0.717) is 10.9 Å². The third-order valence-electron chi connectivity index (χ3n) is 2.34. The lowest BCUT2D eigenvalue weighted by molar-refractivity contribution is 0.283. The van der Waals surface area contributed by atoms with E-state index in [-0.39, 0.29) is 12.4 Å². The Morgan fingerprint density at radius 3 is 2.86 bits per heavy atom. The summed E-state index contributed by atoms with van der Waals surface area (Å²) < 4.78 is 14.5. The molecule has 0 saturated carbocycles. The predicted molar refractivity (Wildman–Crippen MR) is 57.1 cm³/mol. The zero-order valence-electron chi connectivity index (χ0n) is 7.88. The summed E-state index contributed by atoms with van der Waals surface area (Å²) in [5.74, 6) is -0.218. The molecule has 1 aromatic heterocycles. The van der Waals surface area contributed by atoms with Crippen molar-refractivity contribution in [1.82, 2.24) is 0 Å². The van der Waals surface area contributed by atoms with Crippen LogP contribution in [-0.2, 0) is 13.0 Å². The molecule has 14 heavy (non-hydrogen) atoms. The molecule has 1 nitrogen and oxygen atoms in total. The molecule has 3 heteroatoms. The summed E-state index contributed by atoms with van der Waals surface area (Å²) in [6, 6.07) is 3.54. The summed E-state index contributed by atoms with van der Waals surface area (Å²) in [5.41, 5.74) is 1.69. The molecule has 2 aromatic rings. The van der Waals surface area contributed by atoms with Gasteiger partial charge in [-0.1, -0.05) is 6.92 Å². The van der Waals surface area contributed by atoms with Crippen LogP contribution in [0, 0.1) is 5.82 Å². The molecule has 0 atom stereocenters. The summed E-state index contributed by atoms with van der Waals surface area (Å²) in [6.45, 7) is 1.91. The summed E-state index contributed by atoms with van der Waals surface area (Å²) in [7, 11) is 0. The lowest BCUT2D eigenvalue weighted by atomic mass is 10.1. The van der Waals surface area contributed by atoms with Crippen LogP contribution in [0.3, 0.4) is 0 Å². The first-order chi connectivity index (χ1) is 6.76. The van der Waals surface area contributed by atoms with Crippen LogP contribution in [-0.4, -0.2) is 5.11 Å². The average molecular weight is 210 g/mol. The quantitative estimate of drug-likeness (QED) is 0.807. The monoisotopic (exact) mass is 210 g/mol. The van der Waals surface area contributed by atoms with Gasteiger partial charge in [0.2, 0.25) is 0 Å². The minimum absolute atomic E-state index is 0.0948. The van der Waals surface area contributed by atoms with E-state index in [4.69, 9.17) is 5.11 Å². The van der Waals surface area contributed by atoms with Gasteiger partial charge < -0.3 is 5.11 Å². The number of fused-ring (bicyclic) bond motifs is 1. The van der Waals surface area contributed by atoms with Gasteiger partial charge in [0.1, 0.15) is 5.82 Å². The van der Waals surface area contributed by atoms with E-state index in [1.807, 2.05) is 18.4 Å². The molecular formula is C11H11FOS. The topological polar surface area (TPSA) is 20.2 Å². The van der Waals surface area contributed by atoms with Gasteiger partial charge in [-0.25, -0.2) is 4.39 Å². The van der Waals surface area contributed by atoms with E-state index in [2.05, 4.69) is 0 Å². The number of rotatable bonds is 2. The molecule has 0 aliphatic carbocycles. The van der Waals surface area contributed by atoms with Gasteiger partial charge in [-0.05, 0) is 35.1 Å². The number of hydrogen-bond acceptors (Lipinski definition) is 2. The lowest BCUT2D eigenvalue weighted by Gasteiger charge is -2.00. The van der Waals surface area contributed by atoms with Crippen LogP contribution in [0.25, 0.3) is 10.1 Å². The molecule has 0 fully saturated rings. The number of hydrogen-bond donors (Lipinski definition) is 1. The van der Waals surface area contributed by atoms with Gasteiger partial charge in [0.25, 0.3) is 0 Å². The molecule has 0 amide bonds. The highest BCUT2D eigenvalue weighted by atomic mass is 32.1. The molecule has 2 rings (SSSR count). The number of benzene rings is 1. The van der Waals surface area contributed by atoms with Gasteiger partial charge in [-0.3, -0.25) is 0 Å². The molecule has 1 aromatic carbocycles. The highest BCUT2D eigenvalue weighted by molar-refractivity contribution is 7.17. The third-order valence-corrected chi connectivity index (χ3v) is 3.32. The van der Waals surface area contributed by atoms with Crippen molar-refractivity contribution < 1.29 is 9.50 Å². The van der Waals surface area contributed by atoms with Crippen LogP contribution in [0.15, 0.2) is 17.5 Å². The normalized spacial score (nSPS) is 11.1. The molecule has 0 aliphatic rings. The van der Waals surface area contributed by atoms with Crippen molar-refractivity contribution in [2.75, 3.05) is 0 Å². The maximum Gasteiger partial charge on any atom is 0.132 e. The lowest BCUT2D eigenvalue weighted by Crippen LogP contribution is -1.86. The standard InChI is InChI=1S/C11H11FOS/c1-2-7-3-9(12)11-8(5-13)6-14-10(11)4-7/h3-4,6,13H,2,5H2,1H3. The maximum atomic E-state index is 13.6. The SMILES string of the molecule is CCc1cc(F)c2c(CO)csc2c1. The first-order valence-corrected chi connectivity index (χ1v) is 5.43. The number of aliphatic hydroxyl groups is 1. The van der Waals surface area contributed by atoms with E-state index in [0.717, 1.165) is 16.7 Å². The van der Waals surface area contributed by atoms with Gasteiger partial charge in [0, 0.05) is 10.1 Å². The molecule has 0 saturated heterocycles. The number of aliphatic hydroxyl groups excluding tert-OH is 1. The molecular weight excluding hydrogens is 199 g/mol. The summed E-state index contributed by atoms with van der Waals surface area (Å²) in [5, 5.41) is 11.4. The van der Waals surface area contributed by atoms with Crippen LogP contribution in [0.5, 0.6) is 0 Å².